The van der Waals surface area contributed by atoms with Gasteiger partial charge >= 0.3 is 6.18 Å². The van der Waals surface area contributed by atoms with E-state index in [0.29, 0.717) is 49.4 Å². The van der Waals surface area contributed by atoms with E-state index in [1.165, 1.54) is 24.5 Å². The van der Waals surface area contributed by atoms with Gasteiger partial charge in [-0.3, -0.25) is 14.5 Å². The number of benzene rings is 1. The molecule has 1 unspecified atom stereocenters. The van der Waals surface area contributed by atoms with E-state index >= 15 is 4.39 Å². The number of hydrogen-bond donors (Lipinski definition) is 2. The largest absolute Gasteiger partial charge is 0.417 e. The molecule has 2 fully saturated rings. The van der Waals surface area contributed by atoms with Crippen LogP contribution in [0.25, 0.3) is 11.1 Å². The summed E-state index contributed by atoms with van der Waals surface area (Å²) in [6, 6.07) is 3.14. The number of nitrogens with zero attached hydrogens (tertiary/aromatic N) is 5. The van der Waals surface area contributed by atoms with Crippen LogP contribution in [-0.2, 0) is 10.9 Å². The number of pyridine rings is 1. The van der Waals surface area contributed by atoms with Gasteiger partial charge in [0.05, 0.1) is 34.7 Å². The predicted octanol–water partition coefficient (Wildman–Crippen LogP) is 4.38. The zero-order chi connectivity index (χ0) is 31.9. The van der Waals surface area contributed by atoms with Crippen LogP contribution in [0, 0.1) is 5.82 Å². The molecule has 2 N–H and O–H groups in total. The standard InChI is InChI=1S/C30H35F4N7O3/c1-16-12-40(13-17(2)39(16)5)26-8-24(31)21(20-9-36-29(37-10-20)41-14-18(3)44-19(4)15-41)6-25(26)38-28(43)22-11-35-27(42)7-23(22)30(32,33)34/h6-11,16-19H,12-15H2,1-5H3,(H,35,42)(H,38,43)/t16-,17?,18-,19+/m0/s1. The van der Waals surface area contributed by atoms with E-state index in [9.17, 15) is 22.8 Å². The Hall–Kier alpha value is -4.04. The number of H-pyrrole nitrogens is 1. The van der Waals surface area contributed by atoms with Gasteiger partial charge < -0.3 is 24.8 Å². The molecule has 2 aliphatic rings. The Morgan fingerprint density at radius 2 is 1.59 bits per heavy atom. The lowest BCUT2D eigenvalue weighted by Crippen LogP contribution is -2.55. The Bertz CT molecular complexity index is 1560. The second-order valence-corrected chi connectivity index (χ2v) is 11.6. The molecule has 4 heterocycles. The number of hydrogen-bond acceptors (Lipinski definition) is 8. The lowest BCUT2D eigenvalue weighted by Gasteiger charge is -2.44. The summed E-state index contributed by atoms with van der Waals surface area (Å²) in [6.07, 6.45) is -1.31. The van der Waals surface area contributed by atoms with Crippen LogP contribution in [-0.4, -0.2) is 83.3 Å². The highest BCUT2D eigenvalue weighted by Crippen LogP contribution is 2.37. The number of rotatable bonds is 5. The normalized spacial score (nSPS) is 23.1. The Kier molecular flexibility index (Phi) is 8.67. The van der Waals surface area contributed by atoms with Crippen LogP contribution in [0.1, 0.15) is 43.6 Å². The number of aromatic amines is 1. The van der Waals surface area contributed by atoms with Gasteiger partial charge in [-0.2, -0.15) is 13.2 Å². The van der Waals surface area contributed by atoms with Crippen molar-refractivity contribution in [3.63, 3.8) is 0 Å². The first-order chi connectivity index (χ1) is 20.7. The molecule has 44 heavy (non-hydrogen) atoms. The van der Waals surface area contributed by atoms with Crippen molar-refractivity contribution in [2.75, 3.05) is 48.3 Å². The van der Waals surface area contributed by atoms with Crippen LogP contribution in [0.15, 0.2) is 41.6 Å². The van der Waals surface area contributed by atoms with E-state index in [1.807, 2.05) is 44.5 Å². The topological polar surface area (TPSA) is 107 Å². The van der Waals surface area contributed by atoms with Gasteiger partial charge in [0, 0.05) is 74.0 Å². The zero-order valence-electron chi connectivity index (χ0n) is 25.1. The number of ether oxygens (including phenoxy) is 1. The average molecular weight is 618 g/mol. The molecule has 2 aliphatic heterocycles. The number of halogens is 4. The molecule has 1 aromatic carbocycles. The maximum Gasteiger partial charge on any atom is 0.417 e. The minimum absolute atomic E-state index is 0.0153. The van der Waals surface area contributed by atoms with Crippen molar-refractivity contribution < 1.29 is 27.1 Å². The fourth-order valence-electron chi connectivity index (χ4n) is 5.80. The van der Waals surface area contributed by atoms with Crippen LogP contribution >= 0.6 is 0 Å². The molecule has 10 nitrogen and oxygen atoms in total. The van der Waals surface area contributed by atoms with Gasteiger partial charge in [-0.25, -0.2) is 14.4 Å². The summed E-state index contributed by atoms with van der Waals surface area (Å²) >= 11 is 0. The number of nitrogens with one attached hydrogen (secondary N) is 2. The average Bonchev–Trinajstić information content (AvgIpc) is 2.95. The summed E-state index contributed by atoms with van der Waals surface area (Å²) in [5, 5.41) is 2.56. The predicted molar refractivity (Wildman–Crippen MR) is 159 cm³/mol. The second-order valence-electron chi connectivity index (χ2n) is 11.6. The molecule has 3 aromatic rings. The molecule has 5 rings (SSSR count). The summed E-state index contributed by atoms with van der Waals surface area (Å²) in [5.74, 6) is -1.26. The summed E-state index contributed by atoms with van der Waals surface area (Å²) in [7, 11) is 1.98. The summed E-state index contributed by atoms with van der Waals surface area (Å²) in [6.45, 7) is 10.1. The Labute approximate surface area is 252 Å². The number of carbonyl (C=O) groups excluding carboxylic acids is 1. The van der Waals surface area contributed by atoms with Crippen molar-refractivity contribution in [1.82, 2.24) is 19.9 Å². The van der Waals surface area contributed by atoms with E-state index in [0.717, 1.165) is 6.20 Å². The Morgan fingerprint density at radius 3 is 2.18 bits per heavy atom. The monoisotopic (exact) mass is 617 g/mol. The van der Waals surface area contributed by atoms with Crippen molar-refractivity contribution in [2.24, 2.45) is 0 Å². The van der Waals surface area contributed by atoms with E-state index in [4.69, 9.17) is 4.74 Å². The Balaban J connectivity index is 1.54. The van der Waals surface area contributed by atoms with Gasteiger partial charge in [-0.15, -0.1) is 0 Å². The molecule has 14 heteroatoms. The number of amides is 1. The molecule has 0 bridgehead atoms. The lowest BCUT2D eigenvalue weighted by atomic mass is 10.0. The van der Waals surface area contributed by atoms with Crippen LogP contribution in [0.4, 0.5) is 34.9 Å². The number of carbonyl (C=O) groups is 1. The van der Waals surface area contributed by atoms with Gasteiger partial charge in [0.2, 0.25) is 11.5 Å². The van der Waals surface area contributed by atoms with E-state index in [-0.39, 0.29) is 35.5 Å². The molecule has 4 atom stereocenters. The van der Waals surface area contributed by atoms with Gasteiger partial charge in [-0.1, -0.05) is 0 Å². The first-order valence-electron chi connectivity index (χ1n) is 14.4. The third-order valence-corrected chi connectivity index (χ3v) is 8.16. The SMILES string of the molecule is CC1CN(c2cc(F)c(-c3cnc(N4C[C@@H](C)O[C@@H](C)C4)nc3)cc2NC(=O)c2c[nH]c(=O)cc2C(F)(F)F)C[C@H](C)N1C. The highest BCUT2D eigenvalue weighted by Gasteiger charge is 2.36. The number of anilines is 3. The smallest absolute Gasteiger partial charge is 0.372 e. The van der Waals surface area contributed by atoms with Gasteiger partial charge in [0.1, 0.15) is 5.82 Å². The van der Waals surface area contributed by atoms with Gasteiger partial charge in [0.25, 0.3) is 5.91 Å². The maximum atomic E-state index is 15.8. The molecule has 2 aromatic heterocycles. The first kappa shape index (κ1) is 31.4. The van der Waals surface area contributed by atoms with Crippen molar-refractivity contribution >= 4 is 23.2 Å². The number of likely N-dealkylation sites (N-methyl/N-ethyl adjacent to an activating group) is 1. The number of piperazine rings is 1. The fraction of sp³-hybridized carbons (Fsp3) is 0.467. The summed E-state index contributed by atoms with van der Waals surface area (Å²) in [5.41, 5.74) is -2.33. The van der Waals surface area contributed by atoms with Crippen molar-refractivity contribution in [1.29, 1.82) is 0 Å². The van der Waals surface area contributed by atoms with Crippen LogP contribution in [0.5, 0.6) is 0 Å². The number of morpholine rings is 1. The highest BCUT2D eigenvalue weighted by molar-refractivity contribution is 6.07. The number of aromatic nitrogens is 3. The molecule has 236 valence electrons. The van der Waals surface area contributed by atoms with Crippen LogP contribution in [0.3, 0.4) is 0 Å². The minimum Gasteiger partial charge on any atom is -0.372 e. The molecule has 0 spiro atoms. The van der Waals surface area contributed by atoms with E-state index in [1.54, 1.807) is 0 Å². The van der Waals surface area contributed by atoms with E-state index in [2.05, 4.69) is 25.2 Å². The van der Waals surface area contributed by atoms with Crippen molar-refractivity contribution in [2.45, 2.75) is 58.2 Å². The lowest BCUT2D eigenvalue weighted by molar-refractivity contribution is -0.138. The molecular weight excluding hydrogens is 582 g/mol. The van der Waals surface area contributed by atoms with Gasteiger partial charge in [0.15, 0.2) is 0 Å². The molecule has 0 saturated carbocycles. The Morgan fingerprint density at radius 1 is 0.977 bits per heavy atom. The fourth-order valence-corrected chi connectivity index (χ4v) is 5.80. The maximum absolute atomic E-state index is 15.8. The minimum atomic E-state index is -4.95. The summed E-state index contributed by atoms with van der Waals surface area (Å²) in [4.78, 5) is 42.0. The third-order valence-electron chi connectivity index (χ3n) is 8.16. The highest BCUT2D eigenvalue weighted by atomic mass is 19.4. The van der Waals surface area contributed by atoms with Crippen LogP contribution in [0.2, 0.25) is 0 Å². The molecule has 2 saturated heterocycles. The van der Waals surface area contributed by atoms with Gasteiger partial charge in [-0.05, 0) is 46.9 Å². The zero-order valence-corrected chi connectivity index (χ0v) is 25.1. The molecular formula is C30H35F4N7O3. The molecule has 0 radical (unpaired) electrons. The number of alkyl halides is 3. The van der Waals surface area contributed by atoms with Crippen LogP contribution < -0.4 is 20.7 Å². The first-order valence-corrected chi connectivity index (χ1v) is 14.4. The van der Waals surface area contributed by atoms with Crippen molar-refractivity contribution in [3.8, 4) is 11.1 Å². The quantitative estimate of drug-likeness (QED) is 0.407. The molecule has 0 aliphatic carbocycles. The molecule has 1 amide bonds. The summed E-state index contributed by atoms with van der Waals surface area (Å²) < 4.78 is 62.8. The van der Waals surface area contributed by atoms with Crippen molar-refractivity contribution in [3.05, 3.63) is 64.1 Å². The second kappa shape index (κ2) is 12.2. The van der Waals surface area contributed by atoms with E-state index < -0.39 is 34.6 Å². The third kappa shape index (κ3) is 6.55.